The highest BCUT2D eigenvalue weighted by Gasteiger charge is 2.23. The summed E-state index contributed by atoms with van der Waals surface area (Å²) in [5.41, 5.74) is 0. The summed E-state index contributed by atoms with van der Waals surface area (Å²) in [6.45, 7) is 4.69. The van der Waals surface area contributed by atoms with Crippen LogP contribution in [0, 0.1) is 0 Å². The van der Waals surface area contributed by atoms with E-state index in [2.05, 4.69) is 43.5 Å². The number of carbonyl (C=O) groups excluding carboxylic acids is 1. The standard InChI is InChI=1S/C73H143N2O6P/c1-6-8-10-12-14-16-18-20-22-24-26-28-30-32-33-34-35-36-37-38-39-40-41-43-45-47-49-51-53-55-57-59-61-63-65-67-73(77)74-71(70-81-82(78,79)80-69-68-75(3,4)5)72(76)66-64-62-60-58-56-54-52-50-48-46-44-42-31-29-27-25-23-21-19-17-15-13-11-9-7-2/h24,26,56,58,64,66,71-72,76H,6-23,25,27-55,57,59-63,65,67-70H2,1-5H3,(H-,74,77,78,79)/b26-24-,58-56+,66-64+. The zero-order chi connectivity index (χ0) is 59.8. The second kappa shape index (κ2) is 64.2. The number of phosphoric acid groups is 1. The quantitative estimate of drug-likeness (QED) is 0.0272. The molecule has 0 aliphatic rings. The first-order chi connectivity index (χ1) is 40.0. The van der Waals surface area contributed by atoms with E-state index in [-0.39, 0.29) is 19.1 Å². The van der Waals surface area contributed by atoms with Gasteiger partial charge >= 0.3 is 0 Å². The van der Waals surface area contributed by atoms with E-state index >= 15 is 0 Å². The lowest BCUT2D eigenvalue weighted by Gasteiger charge is -2.29. The second-order valence-electron chi connectivity index (χ2n) is 26.3. The number of aliphatic hydroxyl groups excluding tert-OH is 1. The van der Waals surface area contributed by atoms with Gasteiger partial charge in [0.15, 0.2) is 0 Å². The Morgan fingerprint density at radius 2 is 0.683 bits per heavy atom. The first-order valence-corrected chi connectivity index (χ1v) is 37.8. The van der Waals surface area contributed by atoms with Gasteiger partial charge in [-0.25, -0.2) is 0 Å². The van der Waals surface area contributed by atoms with Crippen LogP contribution in [0.3, 0.4) is 0 Å². The van der Waals surface area contributed by atoms with Crippen LogP contribution in [0.4, 0.5) is 0 Å². The molecule has 0 aliphatic carbocycles. The van der Waals surface area contributed by atoms with Crippen molar-refractivity contribution in [3.8, 4) is 0 Å². The molecule has 0 aromatic carbocycles. The van der Waals surface area contributed by atoms with Crippen molar-refractivity contribution in [3.05, 3.63) is 36.5 Å². The maximum Gasteiger partial charge on any atom is 0.268 e. The van der Waals surface area contributed by atoms with Crippen molar-refractivity contribution >= 4 is 13.7 Å². The summed E-state index contributed by atoms with van der Waals surface area (Å²) >= 11 is 0. The van der Waals surface area contributed by atoms with E-state index < -0.39 is 20.0 Å². The van der Waals surface area contributed by atoms with E-state index in [4.69, 9.17) is 9.05 Å². The average molecular weight is 1180 g/mol. The molecule has 0 aromatic heterocycles. The SMILES string of the molecule is CCCCCCCCCC/C=C\CCCCCCCCCCCCCCCCCCCCCCCCCC(=O)NC(COP(=O)([O-])OCC[N+](C)(C)C)C(O)/C=C/CC/C=C/CCCCCCCCCCCCCCCCCCCCC. The van der Waals surface area contributed by atoms with Gasteiger partial charge in [0.25, 0.3) is 7.82 Å². The molecule has 3 atom stereocenters. The molecule has 0 aliphatic heterocycles. The second-order valence-corrected chi connectivity index (χ2v) is 27.7. The number of aliphatic hydroxyl groups is 1. The number of unbranched alkanes of at least 4 members (excludes halogenated alkanes) is 51. The molecule has 0 spiro atoms. The average Bonchev–Trinajstić information content (AvgIpc) is 3.45. The lowest BCUT2D eigenvalue weighted by atomic mass is 10.0. The van der Waals surface area contributed by atoms with Crippen molar-refractivity contribution in [1.29, 1.82) is 0 Å². The Kier molecular flexibility index (Phi) is 63.2. The summed E-state index contributed by atoms with van der Waals surface area (Å²) in [6.07, 6.45) is 85.8. The summed E-state index contributed by atoms with van der Waals surface area (Å²) in [5, 5.41) is 13.9. The number of quaternary nitrogens is 1. The fourth-order valence-corrected chi connectivity index (χ4v) is 11.9. The first kappa shape index (κ1) is 80.7. The molecule has 0 aromatic rings. The summed E-state index contributed by atoms with van der Waals surface area (Å²) in [5.74, 6) is -0.199. The smallest absolute Gasteiger partial charge is 0.268 e. The predicted octanol–water partition coefficient (Wildman–Crippen LogP) is 22.6. The number of hydrogen-bond donors (Lipinski definition) is 2. The number of carbonyl (C=O) groups is 1. The van der Waals surface area contributed by atoms with Crippen LogP contribution in [0.15, 0.2) is 36.5 Å². The molecule has 0 saturated heterocycles. The van der Waals surface area contributed by atoms with E-state index in [0.717, 1.165) is 38.5 Å². The molecule has 1 amide bonds. The van der Waals surface area contributed by atoms with Gasteiger partial charge in [-0.3, -0.25) is 9.36 Å². The Hall–Kier alpha value is -1.28. The van der Waals surface area contributed by atoms with Crippen LogP contribution in [0.25, 0.3) is 0 Å². The molecule has 0 rings (SSSR count). The molecular formula is C73H143N2O6P. The summed E-state index contributed by atoms with van der Waals surface area (Å²) in [6, 6.07) is -0.903. The van der Waals surface area contributed by atoms with Crippen molar-refractivity contribution in [2.24, 2.45) is 0 Å². The van der Waals surface area contributed by atoms with Gasteiger partial charge in [0.2, 0.25) is 5.91 Å². The third kappa shape index (κ3) is 66.2. The minimum atomic E-state index is -4.61. The molecule has 8 nitrogen and oxygen atoms in total. The number of likely N-dealkylation sites (N-methyl/N-ethyl adjacent to an activating group) is 1. The molecule has 2 N–H and O–H groups in total. The summed E-state index contributed by atoms with van der Waals surface area (Å²) in [4.78, 5) is 25.6. The van der Waals surface area contributed by atoms with E-state index in [0.29, 0.717) is 17.4 Å². The maximum absolute atomic E-state index is 13.0. The zero-order valence-electron chi connectivity index (χ0n) is 55.7. The number of amides is 1. The molecule has 486 valence electrons. The highest BCUT2D eigenvalue weighted by atomic mass is 31.2. The van der Waals surface area contributed by atoms with Gasteiger partial charge in [0, 0.05) is 6.42 Å². The van der Waals surface area contributed by atoms with Gasteiger partial charge in [0.05, 0.1) is 39.9 Å². The van der Waals surface area contributed by atoms with Gasteiger partial charge < -0.3 is 28.8 Å². The minimum absolute atomic E-state index is 0.00422. The van der Waals surface area contributed by atoms with Gasteiger partial charge in [0.1, 0.15) is 13.2 Å². The van der Waals surface area contributed by atoms with Crippen LogP contribution in [0.2, 0.25) is 0 Å². The Morgan fingerprint density at radius 1 is 0.415 bits per heavy atom. The van der Waals surface area contributed by atoms with Crippen LogP contribution >= 0.6 is 7.82 Å². The lowest BCUT2D eigenvalue weighted by Crippen LogP contribution is -2.45. The molecule has 0 saturated carbocycles. The van der Waals surface area contributed by atoms with Crippen LogP contribution in [0.5, 0.6) is 0 Å². The van der Waals surface area contributed by atoms with Crippen molar-refractivity contribution in [1.82, 2.24) is 5.32 Å². The van der Waals surface area contributed by atoms with E-state index in [9.17, 15) is 19.4 Å². The topological polar surface area (TPSA) is 108 Å². The fraction of sp³-hybridized carbons (Fsp3) is 0.904. The van der Waals surface area contributed by atoms with Crippen molar-refractivity contribution < 1.29 is 32.9 Å². The largest absolute Gasteiger partial charge is 0.756 e. The predicted molar refractivity (Wildman–Crippen MR) is 358 cm³/mol. The Bertz CT molecular complexity index is 1430. The Balaban J connectivity index is 4.01. The van der Waals surface area contributed by atoms with Crippen LogP contribution in [-0.2, 0) is 18.4 Å². The number of nitrogens with one attached hydrogen (secondary N) is 1. The normalized spacial score (nSPS) is 13.8. The van der Waals surface area contributed by atoms with E-state index in [1.807, 2.05) is 27.2 Å². The Labute approximate surface area is 512 Å². The Morgan fingerprint density at radius 3 is 0.988 bits per heavy atom. The van der Waals surface area contributed by atoms with Crippen molar-refractivity contribution in [2.75, 3.05) is 40.9 Å². The zero-order valence-corrected chi connectivity index (χ0v) is 56.6. The first-order valence-electron chi connectivity index (χ1n) is 36.4. The van der Waals surface area contributed by atoms with Crippen LogP contribution in [0.1, 0.15) is 373 Å². The molecular weight excluding hydrogens is 1030 g/mol. The monoisotopic (exact) mass is 1180 g/mol. The summed E-state index contributed by atoms with van der Waals surface area (Å²) < 4.78 is 23.5. The van der Waals surface area contributed by atoms with Crippen LogP contribution < -0.4 is 10.2 Å². The van der Waals surface area contributed by atoms with Gasteiger partial charge in [-0.15, -0.1) is 0 Å². The van der Waals surface area contributed by atoms with E-state index in [1.165, 1.54) is 315 Å². The number of allylic oxidation sites excluding steroid dienone is 5. The number of phosphoric ester groups is 1. The maximum atomic E-state index is 13.0. The number of rotatable bonds is 68. The third-order valence-electron chi connectivity index (χ3n) is 16.8. The van der Waals surface area contributed by atoms with Gasteiger partial charge in [-0.1, -0.05) is 346 Å². The lowest BCUT2D eigenvalue weighted by molar-refractivity contribution is -0.870. The summed E-state index contributed by atoms with van der Waals surface area (Å²) in [7, 11) is 1.26. The molecule has 9 heteroatoms. The fourth-order valence-electron chi connectivity index (χ4n) is 11.2. The highest BCUT2D eigenvalue weighted by molar-refractivity contribution is 7.45. The van der Waals surface area contributed by atoms with Gasteiger partial charge in [-0.2, -0.15) is 0 Å². The number of nitrogens with zero attached hydrogens (tertiary/aromatic N) is 1. The van der Waals surface area contributed by atoms with Crippen molar-refractivity contribution in [3.63, 3.8) is 0 Å². The molecule has 0 radical (unpaired) electrons. The van der Waals surface area contributed by atoms with Crippen LogP contribution in [-0.4, -0.2) is 68.5 Å². The van der Waals surface area contributed by atoms with E-state index in [1.54, 1.807) is 6.08 Å². The molecule has 0 heterocycles. The number of hydrogen-bond acceptors (Lipinski definition) is 6. The third-order valence-corrected chi connectivity index (χ3v) is 17.8. The molecule has 0 fully saturated rings. The molecule has 3 unspecified atom stereocenters. The molecule has 82 heavy (non-hydrogen) atoms. The molecule has 0 bridgehead atoms. The van der Waals surface area contributed by atoms with Crippen molar-refractivity contribution in [2.45, 2.75) is 386 Å². The van der Waals surface area contributed by atoms with Gasteiger partial charge in [-0.05, 0) is 57.8 Å². The minimum Gasteiger partial charge on any atom is -0.756 e. The highest BCUT2D eigenvalue weighted by Crippen LogP contribution is 2.38.